The maximum absolute atomic E-state index is 13.9. The average molecular weight is 801 g/mol. The second kappa shape index (κ2) is 14.9. The standard InChI is InChI=1S/C45H52N8O6/c1-24(2)36(50-42(56)57)40(54)52-32(18-44(5)20-34(44)52)38-46-22-30(48-38)28-14-10-26(11-15-28)8-9-27-12-16-29(17-13-27)31-23-47-39(49-31)33-19-45(6)21-35(45)53(33)41(55)37(25(3)4)51-43(58)59-7/h10-17,22-25,32-37,50H,18-21H2,1-7H3,(H,46,48)(H,47,49)(H,51,58)(H,56,57)/t32-,33-,34-,35-,36-,37-,44+,45+/m0/s1. The van der Waals surface area contributed by atoms with Crippen LogP contribution in [0.5, 0.6) is 0 Å². The Kier molecular flexibility index (Phi) is 10.0. The summed E-state index contributed by atoms with van der Waals surface area (Å²) >= 11 is 0. The van der Waals surface area contributed by atoms with Crippen LogP contribution in [0.1, 0.15) is 102 Å². The number of hydrogen-bond acceptors (Lipinski definition) is 7. The molecule has 4 fully saturated rings. The number of benzene rings is 2. The molecule has 8 rings (SSSR count). The van der Waals surface area contributed by atoms with Crippen LogP contribution in [0.15, 0.2) is 60.9 Å². The molecule has 2 aromatic carbocycles. The first-order valence-electron chi connectivity index (χ1n) is 20.4. The predicted molar refractivity (Wildman–Crippen MR) is 219 cm³/mol. The third-order valence-electron chi connectivity index (χ3n) is 12.9. The van der Waals surface area contributed by atoms with E-state index in [0.717, 1.165) is 65.1 Å². The van der Waals surface area contributed by atoms with Gasteiger partial charge < -0.3 is 40.2 Å². The Balaban J connectivity index is 0.919. The number of rotatable bonds is 10. The minimum atomic E-state index is -1.21. The number of nitrogens with one attached hydrogen (secondary N) is 4. The van der Waals surface area contributed by atoms with Gasteiger partial charge in [0.15, 0.2) is 0 Å². The van der Waals surface area contributed by atoms with Gasteiger partial charge in [0.1, 0.15) is 23.7 Å². The van der Waals surface area contributed by atoms with E-state index in [2.05, 4.69) is 46.3 Å². The number of piperidine rings is 2. The first-order valence-corrected chi connectivity index (χ1v) is 20.4. The number of likely N-dealkylation sites (tertiary alicyclic amines) is 2. The molecule has 2 aliphatic heterocycles. The van der Waals surface area contributed by atoms with Crippen LogP contribution in [0.2, 0.25) is 0 Å². The zero-order valence-corrected chi connectivity index (χ0v) is 34.5. The molecule has 14 nitrogen and oxygen atoms in total. The molecule has 8 atom stereocenters. The summed E-state index contributed by atoms with van der Waals surface area (Å²) in [6, 6.07) is 14.0. The molecule has 0 bridgehead atoms. The highest BCUT2D eigenvalue weighted by molar-refractivity contribution is 5.88. The van der Waals surface area contributed by atoms with E-state index in [4.69, 9.17) is 14.7 Å². The minimum absolute atomic E-state index is 0.00570. The molecular formula is C45H52N8O6. The molecule has 0 unspecified atom stereocenters. The third-order valence-corrected chi connectivity index (χ3v) is 12.9. The molecule has 308 valence electrons. The van der Waals surface area contributed by atoms with Gasteiger partial charge >= 0.3 is 12.2 Å². The topological polar surface area (TPSA) is 186 Å². The average Bonchev–Trinajstić information content (AvgIpc) is 3.65. The van der Waals surface area contributed by atoms with Gasteiger partial charge in [-0.1, -0.05) is 77.6 Å². The number of amides is 4. The first-order chi connectivity index (χ1) is 28.1. The SMILES string of the molecule is COC(=O)N[C@H](C(=O)N1[C@H]2C[C@@]2(C)C[C@H]1c1ncc(-c2ccc(C#Cc3ccc(-c4cnc([C@@H]5C[C@]6(C)C[C@@H]6N5C(=O)[C@@H](NC(=O)O)C(C)C)[nH]4)cc3)cc2)[nH]1)C(C)C. The molecule has 59 heavy (non-hydrogen) atoms. The smallest absolute Gasteiger partial charge is 0.407 e. The Labute approximate surface area is 343 Å². The Morgan fingerprint density at radius 2 is 1.12 bits per heavy atom. The molecule has 2 saturated heterocycles. The molecular weight excluding hydrogens is 749 g/mol. The van der Waals surface area contributed by atoms with Crippen LogP contribution >= 0.6 is 0 Å². The van der Waals surface area contributed by atoms with Gasteiger partial charge in [-0.3, -0.25) is 9.59 Å². The van der Waals surface area contributed by atoms with E-state index in [9.17, 15) is 24.3 Å². The summed E-state index contributed by atoms with van der Waals surface area (Å²) in [6.07, 6.45) is 5.16. The molecule has 4 heterocycles. The maximum Gasteiger partial charge on any atom is 0.407 e. The van der Waals surface area contributed by atoms with Gasteiger partial charge in [0.05, 0.1) is 43.0 Å². The second-order valence-electron chi connectivity index (χ2n) is 18.0. The molecule has 2 saturated carbocycles. The number of ether oxygens (including phenoxy) is 1. The largest absolute Gasteiger partial charge is 0.465 e. The molecule has 4 aliphatic rings. The Bertz CT molecular complexity index is 2340. The van der Waals surface area contributed by atoms with Crippen LogP contribution in [-0.4, -0.2) is 90.1 Å². The van der Waals surface area contributed by atoms with Gasteiger partial charge in [0.2, 0.25) is 11.8 Å². The first kappa shape index (κ1) is 39.7. The lowest BCUT2D eigenvalue weighted by Crippen LogP contribution is -2.52. The number of aromatic amines is 2. The number of carboxylic acid groups (broad SMARTS) is 1. The number of aromatic nitrogens is 4. The maximum atomic E-state index is 13.9. The van der Waals surface area contributed by atoms with Crippen LogP contribution in [0.4, 0.5) is 9.59 Å². The van der Waals surface area contributed by atoms with E-state index in [1.807, 2.05) is 86.0 Å². The molecule has 0 radical (unpaired) electrons. The molecule has 2 aromatic heterocycles. The number of fused-ring (bicyclic) bond motifs is 2. The number of H-pyrrole nitrogens is 2. The van der Waals surface area contributed by atoms with Crippen LogP contribution < -0.4 is 10.6 Å². The van der Waals surface area contributed by atoms with Crippen molar-refractivity contribution in [2.45, 2.75) is 103 Å². The number of nitrogens with zero attached hydrogens (tertiary/aromatic N) is 4. The van der Waals surface area contributed by atoms with E-state index in [1.54, 1.807) is 12.4 Å². The fourth-order valence-corrected chi connectivity index (χ4v) is 9.24. The Morgan fingerprint density at radius 3 is 1.49 bits per heavy atom. The van der Waals surface area contributed by atoms with E-state index in [-0.39, 0.29) is 58.6 Å². The van der Waals surface area contributed by atoms with E-state index in [0.29, 0.717) is 5.82 Å². The molecule has 4 aromatic rings. The quantitative estimate of drug-likeness (QED) is 0.111. The fraction of sp³-hybridized carbons (Fsp3) is 0.467. The fourth-order valence-electron chi connectivity index (χ4n) is 9.24. The van der Waals surface area contributed by atoms with Gasteiger partial charge in [-0.25, -0.2) is 19.6 Å². The Morgan fingerprint density at radius 1 is 0.712 bits per heavy atom. The highest BCUT2D eigenvalue weighted by Crippen LogP contribution is 2.64. The zero-order chi connectivity index (χ0) is 42.0. The van der Waals surface area contributed by atoms with Gasteiger partial charge in [-0.15, -0.1) is 0 Å². The van der Waals surface area contributed by atoms with Crippen molar-refractivity contribution in [1.82, 2.24) is 40.4 Å². The Hall–Kier alpha value is -6.10. The summed E-state index contributed by atoms with van der Waals surface area (Å²) in [5.41, 5.74) is 5.30. The van der Waals surface area contributed by atoms with Crippen molar-refractivity contribution >= 4 is 24.0 Å². The highest BCUT2D eigenvalue weighted by atomic mass is 16.5. The molecule has 4 amide bonds. The zero-order valence-electron chi connectivity index (χ0n) is 34.5. The van der Waals surface area contributed by atoms with Crippen molar-refractivity contribution in [1.29, 1.82) is 0 Å². The monoisotopic (exact) mass is 800 g/mol. The van der Waals surface area contributed by atoms with Crippen LogP contribution in [0.3, 0.4) is 0 Å². The van der Waals surface area contributed by atoms with E-state index < -0.39 is 24.3 Å². The lowest BCUT2D eigenvalue weighted by molar-refractivity contribution is -0.137. The highest BCUT2D eigenvalue weighted by Gasteiger charge is 2.65. The summed E-state index contributed by atoms with van der Waals surface area (Å²) in [6.45, 7) is 11.9. The van der Waals surface area contributed by atoms with Crippen LogP contribution in [0, 0.1) is 34.5 Å². The number of imidazole rings is 2. The van der Waals surface area contributed by atoms with Crippen molar-refractivity contribution in [3.05, 3.63) is 83.7 Å². The summed E-state index contributed by atoms with van der Waals surface area (Å²) in [7, 11) is 1.30. The molecule has 14 heteroatoms. The number of hydrogen-bond donors (Lipinski definition) is 5. The summed E-state index contributed by atoms with van der Waals surface area (Å²) in [5, 5.41) is 14.6. The van der Waals surface area contributed by atoms with Crippen molar-refractivity contribution in [3.8, 4) is 34.4 Å². The minimum Gasteiger partial charge on any atom is -0.465 e. The summed E-state index contributed by atoms with van der Waals surface area (Å²) in [4.78, 5) is 71.3. The van der Waals surface area contributed by atoms with Crippen molar-refractivity contribution < 1.29 is 29.0 Å². The van der Waals surface area contributed by atoms with Gasteiger partial charge in [0, 0.05) is 23.2 Å². The predicted octanol–water partition coefficient (Wildman–Crippen LogP) is 6.64. The van der Waals surface area contributed by atoms with Gasteiger partial charge in [-0.05, 0) is 83.7 Å². The normalized spacial score (nSPS) is 26.1. The van der Waals surface area contributed by atoms with Gasteiger partial charge in [0.25, 0.3) is 0 Å². The van der Waals surface area contributed by atoms with Crippen molar-refractivity contribution in [2.24, 2.45) is 22.7 Å². The molecule has 2 aliphatic carbocycles. The van der Waals surface area contributed by atoms with Crippen LogP contribution in [-0.2, 0) is 14.3 Å². The lowest BCUT2D eigenvalue weighted by atomic mass is 10.00. The van der Waals surface area contributed by atoms with E-state index >= 15 is 0 Å². The number of methoxy groups -OCH3 is 1. The number of carbonyl (C=O) groups is 4. The lowest BCUT2D eigenvalue weighted by Gasteiger charge is -2.31. The van der Waals surface area contributed by atoms with Crippen LogP contribution in [0.25, 0.3) is 22.5 Å². The summed E-state index contributed by atoms with van der Waals surface area (Å²) < 4.78 is 4.80. The second-order valence-corrected chi connectivity index (χ2v) is 18.0. The number of carbonyl (C=O) groups excluding carboxylic acids is 3. The summed E-state index contributed by atoms with van der Waals surface area (Å²) in [5.74, 6) is 7.31. The van der Waals surface area contributed by atoms with Crippen molar-refractivity contribution in [2.75, 3.05) is 7.11 Å². The third kappa shape index (κ3) is 7.54. The van der Waals surface area contributed by atoms with E-state index in [1.165, 1.54) is 7.11 Å². The molecule has 5 N–H and O–H groups in total. The van der Waals surface area contributed by atoms with Crippen molar-refractivity contribution in [3.63, 3.8) is 0 Å². The number of alkyl carbamates (subject to hydrolysis) is 1. The van der Waals surface area contributed by atoms with Gasteiger partial charge in [-0.2, -0.15) is 0 Å². The molecule has 0 spiro atoms.